The second-order valence-corrected chi connectivity index (χ2v) is 6.45. The van der Waals surface area contributed by atoms with Crippen molar-refractivity contribution in [2.75, 3.05) is 6.61 Å². The normalized spacial score (nSPS) is 16.9. The highest BCUT2D eigenvalue weighted by atomic mass is 32.1. The first-order chi connectivity index (χ1) is 12.7. The molecule has 1 aliphatic rings. The topological polar surface area (TPSA) is 68.8 Å². The Hall–Kier alpha value is -2.42. The number of allylic oxidation sites excluding steroid dienone is 1. The Morgan fingerprint density at radius 3 is 2.59 bits per heavy atom. The molecule has 0 radical (unpaired) electrons. The number of benzene rings is 1. The summed E-state index contributed by atoms with van der Waals surface area (Å²) < 4.78 is 40.4. The number of rotatable bonds is 7. The number of carbonyl (C=O) groups excluding carboxylic acids is 1. The SMILES string of the molecule is CCOc1cc([C@@H]2NC(=S)NC(C)=C2C(=O)OC(C)C)ccc1OC(F)F. The molecule has 0 saturated heterocycles. The van der Waals surface area contributed by atoms with Crippen LogP contribution >= 0.6 is 12.2 Å². The molecule has 1 aromatic rings. The van der Waals surface area contributed by atoms with Gasteiger partial charge in [0.05, 0.1) is 24.3 Å². The minimum atomic E-state index is -2.97. The van der Waals surface area contributed by atoms with Gasteiger partial charge in [-0.05, 0) is 57.6 Å². The molecule has 0 aliphatic carbocycles. The van der Waals surface area contributed by atoms with Crippen LogP contribution < -0.4 is 20.1 Å². The van der Waals surface area contributed by atoms with E-state index >= 15 is 0 Å². The summed E-state index contributed by atoms with van der Waals surface area (Å²) >= 11 is 5.19. The number of carbonyl (C=O) groups is 1. The lowest BCUT2D eigenvalue weighted by molar-refractivity contribution is -0.143. The van der Waals surface area contributed by atoms with Gasteiger partial charge in [-0.2, -0.15) is 8.78 Å². The van der Waals surface area contributed by atoms with E-state index in [1.807, 2.05) is 0 Å². The number of halogens is 2. The Bertz CT molecular complexity index is 753. The van der Waals surface area contributed by atoms with Gasteiger partial charge in [0, 0.05) is 5.70 Å². The van der Waals surface area contributed by atoms with Crippen LogP contribution in [0.3, 0.4) is 0 Å². The van der Waals surface area contributed by atoms with Crippen LogP contribution in [0.25, 0.3) is 0 Å². The fourth-order valence-electron chi connectivity index (χ4n) is 2.66. The van der Waals surface area contributed by atoms with Crippen molar-refractivity contribution in [2.45, 2.75) is 46.5 Å². The zero-order chi connectivity index (χ0) is 20.1. The van der Waals surface area contributed by atoms with E-state index in [-0.39, 0.29) is 24.2 Å². The van der Waals surface area contributed by atoms with Crippen LogP contribution in [-0.4, -0.2) is 30.4 Å². The van der Waals surface area contributed by atoms with E-state index in [0.29, 0.717) is 21.9 Å². The third-order valence-electron chi connectivity index (χ3n) is 3.65. The van der Waals surface area contributed by atoms with Gasteiger partial charge < -0.3 is 24.8 Å². The van der Waals surface area contributed by atoms with Crippen molar-refractivity contribution in [1.29, 1.82) is 0 Å². The molecule has 2 N–H and O–H groups in total. The molecule has 148 valence electrons. The van der Waals surface area contributed by atoms with Gasteiger partial charge in [0.1, 0.15) is 0 Å². The van der Waals surface area contributed by atoms with Crippen molar-refractivity contribution in [3.63, 3.8) is 0 Å². The second kappa shape index (κ2) is 8.98. The van der Waals surface area contributed by atoms with Crippen molar-refractivity contribution >= 4 is 23.3 Å². The maximum atomic E-state index is 12.6. The van der Waals surface area contributed by atoms with Crippen molar-refractivity contribution in [3.8, 4) is 11.5 Å². The smallest absolute Gasteiger partial charge is 0.387 e. The molecule has 0 amide bonds. The number of nitrogens with one attached hydrogen (secondary N) is 2. The average molecular weight is 400 g/mol. The molecule has 0 unspecified atom stereocenters. The lowest BCUT2D eigenvalue weighted by Gasteiger charge is -2.30. The summed E-state index contributed by atoms with van der Waals surface area (Å²) in [4.78, 5) is 12.6. The van der Waals surface area contributed by atoms with Crippen molar-refractivity contribution in [3.05, 3.63) is 35.0 Å². The molecule has 0 aromatic heterocycles. The highest BCUT2D eigenvalue weighted by molar-refractivity contribution is 7.80. The van der Waals surface area contributed by atoms with E-state index in [2.05, 4.69) is 15.4 Å². The molecule has 1 atom stereocenters. The Balaban J connectivity index is 2.46. The van der Waals surface area contributed by atoms with Crippen molar-refractivity contribution in [2.24, 2.45) is 0 Å². The minimum Gasteiger partial charge on any atom is -0.490 e. The van der Waals surface area contributed by atoms with Gasteiger partial charge in [-0.15, -0.1) is 0 Å². The summed E-state index contributed by atoms with van der Waals surface area (Å²) in [5.74, 6) is -0.434. The van der Waals surface area contributed by atoms with Gasteiger partial charge in [0.2, 0.25) is 0 Å². The van der Waals surface area contributed by atoms with Crippen LogP contribution in [0.5, 0.6) is 11.5 Å². The predicted octanol–water partition coefficient (Wildman–Crippen LogP) is 3.43. The summed E-state index contributed by atoms with van der Waals surface area (Å²) in [7, 11) is 0. The van der Waals surface area contributed by atoms with E-state index < -0.39 is 18.6 Å². The van der Waals surface area contributed by atoms with Crippen LogP contribution in [0.1, 0.15) is 39.3 Å². The highest BCUT2D eigenvalue weighted by Gasteiger charge is 2.32. The van der Waals surface area contributed by atoms with Crippen LogP contribution in [0.2, 0.25) is 0 Å². The lowest BCUT2D eigenvalue weighted by Crippen LogP contribution is -2.45. The summed E-state index contributed by atoms with van der Waals surface area (Å²) in [5.41, 5.74) is 1.50. The molecule has 0 bridgehead atoms. The molecule has 0 fully saturated rings. The molecule has 27 heavy (non-hydrogen) atoms. The first-order valence-corrected chi connectivity index (χ1v) is 8.84. The molecule has 0 saturated carbocycles. The zero-order valence-electron chi connectivity index (χ0n) is 15.5. The number of hydrogen-bond donors (Lipinski definition) is 2. The molecule has 1 aliphatic heterocycles. The number of alkyl halides is 2. The number of ether oxygens (including phenoxy) is 3. The molecule has 1 heterocycles. The van der Waals surface area contributed by atoms with Crippen LogP contribution in [0.15, 0.2) is 29.5 Å². The number of thiocarbonyl (C=S) groups is 1. The maximum absolute atomic E-state index is 12.6. The zero-order valence-corrected chi connectivity index (χ0v) is 16.3. The predicted molar refractivity (Wildman–Crippen MR) is 99.8 cm³/mol. The first-order valence-electron chi connectivity index (χ1n) is 8.43. The highest BCUT2D eigenvalue weighted by Crippen LogP contribution is 2.35. The quantitative estimate of drug-likeness (QED) is 0.537. The van der Waals surface area contributed by atoms with Gasteiger partial charge >= 0.3 is 12.6 Å². The summed E-state index contributed by atoms with van der Waals surface area (Å²) in [6.45, 7) is 4.24. The van der Waals surface area contributed by atoms with Crippen LogP contribution in [0.4, 0.5) is 8.78 Å². The standard InChI is InChI=1S/C18H22F2N2O4S/c1-5-24-13-8-11(6-7-12(13)26-17(19)20)15-14(16(23)25-9(2)3)10(4)21-18(27)22-15/h6-9,15,17H,5H2,1-4H3,(H2,21,22,27)/t15-/m0/s1. The maximum Gasteiger partial charge on any atom is 0.387 e. The molecule has 6 nitrogen and oxygen atoms in total. The Kier molecular flexibility index (Phi) is 6.95. The molecular formula is C18H22F2N2O4S. The van der Waals surface area contributed by atoms with E-state index in [1.54, 1.807) is 39.8 Å². The summed E-state index contributed by atoms with van der Waals surface area (Å²) in [6.07, 6.45) is -0.298. The summed E-state index contributed by atoms with van der Waals surface area (Å²) in [6, 6.07) is 3.87. The third kappa shape index (κ3) is 5.29. The van der Waals surface area contributed by atoms with Gasteiger partial charge in [0.15, 0.2) is 16.6 Å². The summed E-state index contributed by atoms with van der Waals surface area (Å²) in [5, 5.41) is 6.26. The monoisotopic (exact) mass is 400 g/mol. The van der Waals surface area contributed by atoms with Crippen molar-refractivity contribution in [1.82, 2.24) is 10.6 Å². The first kappa shape index (κ1) is 20.9. The Morgan fingerprint density at radius 1 is 1.30 bits per heavy atom. The van der Waals surface area contributed by atoms with Crippen molar-refractivity contribution < 1.29 is 27.8 Å². The Morgan fingerprint density at radius 2 is 2.00 bits per heavy atom. The lowest BCUT2D eigenvalue weighted by atomic mass is 9.95. The molecular weight excluding hydrogens is 378 g/mol. The van der Waals surface area contributed by atoms with Gasteiger partial charge in [0.25, 0.3) is 0 Å². The fraction of sp³-hybridized carbons (Fsp3) is 0.444. The molecule has 0 spiro atoms. The second-order valence-electron chi connectivity index (χ2n) is 6.04. The minimum absolute atomic E-state index is 0.0841. The Labute approximate surface area is 161 Å². The van der Waals surface area contributed by atoms with E-state index in [9.17, 15) is 13.6 Å². The van der Waals surface area contributed by atoms with Gasteiger partial charge in [-0.3, -0.25) is 0 Å². The number of esters is 1. The van der Waals surface area contributed by atoms with Crippen LogP contribution in [-0.2, 0) is 9.53 Å². The largest absolute Gasteiger partial charge is 0.490 e. The van der Waals surface area contributed by atoms with Gasteiger partial charge in [-0.25, -0.2) is 4.79 Å². The van der Waals surface area contributed by atoms with E-state index in [0.717, 1.165) is 0 Å². The fourth-order valence-corrected chi connectivity index (χ4v) is 2.93. The van der Waals surface area contributed by atoms with E-state index in [1.165, 1.54) is 6.07 Å². The molecule has 2 rings (SSSR count). The third-order valence-corrected chi connectivity index (χ3v) is 3.87. The van der Waals surface area contributed by atoms with Crippen LogP contribution in [0, 0.1) is 0 Å². The molecule has 1 aromatic carbocycles. The van der Waals surface area contributed by atoms with Gasteiger partial charge in [-0.1, -0.05) is 6.07 Å². The molecule has 9 heteroatoms. The number of hydrogen-bond acceptors (Lipinski definition) is 5. The van der Waals surface area contributed by atoms with E-state index in [4.69, 9.17) is 21.7 Å². The average Bonchev–Trinajstić information content (AvgIpc) is 2.54.